The van der Waals surface area contributed by atoms with Crippen molar-refractivity contribution in [3.05, 3.63) is 73.4 Å². The normalized spacial score (nSPS) is 10.3. The molecule has 0 spiro atoms. The van der Waals surface area contributed by atoms with E-state index in [0.29, 0.717) is 26.3 Å². The molecule has 0 aliphatic carbocycles. The van der Waals surface area contributed by atoms with E-state index < -0.39 is 5.56 Å². The van der Waals surface area contributed by atoms with Crippen molar-refractivity contribution < 1.29 is 0 Å². The zero-order valence-electron chi connectivity index (χ0n) is 12.5. The van der Waals surface area contributed by atoms with Crippen LogP contribution in [0.25, 0.3) is 11.3 Å². The van der Waals surface area contributed by atoms with Crippen LogP contribution in [-0.4, -0.2) is 9.97 Å². The summed E-state index contributed by atoms with van der Waals surface area (Å²) in [7, 11) is 0. The summed E-state index contributed by atoms with van der Waals surface area (Å²) in [6.07, 6.45) is 0. The predicted molar refractivity (Wildman–Crippen MR) is 99.8 cm³/mol. The van der Waals surface area contributed by atoms with Crippen molar-refractivity contribution in [3.8, 4) is 17.3 Å². The Morgan fingerprint density at radius 2 is 1.76 bits per heavy atom. The first-order valence-electron chi connectivity index (χ1n) is 7.00. The van der Waals surface area contributed by atoms with Gasteiger partial charge in [-0.15, -0.1) is 0 Å². The number of anilines is 2. The molecule has 8 heteroatoms. The van der Waals surface area contributed by atoms with Gasteiger partial charge in [0.25, 0.3) is 5.56 Å². The molecule has 2 N–H and O–H groups in total. The van der Waals surface area contributed by atoms with Gasteiger partial charge in [0.05, 0.1) is 15.7 Å². The Morgan fingerprint density at radius 3 is 2.40 bits per heavy atom. The molecule has 0 aliphatic rings. The van der Waals surface area contributed by atoms with Crippen LogP contribution in [0.2, 0.25) is 15.1 Å². The van der Waals surface area contributed by atoms with E-state index in [-0.39, 0.29) is 17.2 Å². The van der Waals surface area contributed by atoms with Crippen LogP contribution in [0.5, 0.6) is 0 Å². The first kappa shape index (κ1) is 17.3. The molecule has 0 fully saturated rings. The summed E-state index contributed by atoms with van der Waals surface area (Å²) in [5, 5.41) is 13.5. The van der Waals surface area contributed by atoms with E-state index in [9.17, 15) is 10.1 Å². The molecule has 0 saturated carbocycles. The van der Waals surface area contributed by atoms with E-state index in [2.05, 4.69) is 15.3 Å². The maximum absolute atomic E-state index is 12.2. The Kier molecular flexibility index (Phi) is 4.95. The van der Waals surface area contributed by atoms with Crippen LogP contribution in [0, 0.1) is 11.3 Å². The van der Waals surface area contributed by atoms with Gasteiger partial charge in [-0.05, 0) is 36.4 Å². The van der Waals surface area contributed by atoms with Crippen molar-refractivity contribution in [2.75, 3.05) is 5.32 Å². The number of rotatable bonds is 3. The SMILES string of the molecule is N#Cc1c(-c2ccc(Cl)c(Cl)c2)nc(Nc2ccc(Cl)cc2)[nH]c1=O. The second kappa shape index (κ2) is 7.16. The van der Waals surface area contributed by atoms with Crippen molar-refractivity contribution in [1.29, 1.82) is 5.26 Å². The lowest BCUT2D eigenvalue weighted by molar-refractivity contribution is 1.11. The van der Waals surface area contributed by atoms with Crippen molar-refractivity contribution in [2.24, 2.45) is 0 Å². The zero-order chi connectivity index (χ0) is 18.0. The molecule has 0 unspecified atom stereocenters. The topological polar surface area (TPSA) is 81.6 Å². The van der Waals surface area contributed by atoms with Crippen molar-refractivity contribution in [2.45, 2.75) is 0 Å². The largest absolute Gasteiger partial charge is 0.326 e. The van der Waals surface area contributed by atoms with Gasteiger partial charge in [0, 0.05) is 16.3 Å². The molecule has 1 aromatic heterocycles. The Labute approximate surface area is 157 Å². The fraction of sp³-hybridized carbons (Fsp3) is 0. The first-order chi connectivity index (χ1) is 12.0. The van der Waals surface area contributed by atoms with Gasteiger partial charge in [-0.25, -0.2) is 4.98 Å². The maximum Gasteiger partial charge on any atom is 0.270 e. The number of nitrogens with zero attached hydrogens (tertiary/aromatic N) is 2. The lowest BCUT2D eigenvalue weighted by atomic mass is 10.1. The number of aromatic amines is 1. The van der Waals surface area contributed by atoms with E-state index >= 15 is 0 Å². The molecule has 0 saturated heterocycles. The maximum atomic E-state index is 12.2. The molecule has 3 rings (SSSR count). The predicted octanol–water partition coefficient (Wildman–Crippen LogP) is 5.01. The quantitative estimate of drug-likeness (QED) is 0.657. The molecule has 124 valence electrons. The molecule has 25 heavy (non-hydrogen) atoms. The number of hydrogen-bond acceptors (Lipinski definition) is 4. The third kappa shape index (κ3) is 3.77. The minimum Gasteiger partial charge on any atom is -0.326 e. The smallest absolute Gasteiger partial charge is 0.270 e. The highest BCUT2D eigenvalue weighted by atomic mass is 35.5. The number of halogens is 3. The zero-order valence-corrected chi connectivity index (χ0v) is 14.7. The summed E-state index contributed by atoms with van der Waals surface area (Å²) in [6, 6.07) is 13.5. The number of benzene rings is 2. The molecule has 2 aromatic carbocycles. The van der Waals surface area contributed by atoms with Crippen LogP contribution in [0.3, 0.4) is 0 Å². The molecule has 1 heterocycles. The van der Waals surface area contributed by atoms with Crippen LogP contribution >= 0.6 is 34.8 Å². The average Bonchev–Trinajstić information content (AvgIpc) is 2.59. The lowest BCUT2D eigenvalue weighted by Crippen LogP contribution is -2.16. The molecular formula is C17H9Cl3N4O. The van der Waals surface area contributed by atoms with Gasteiger partial charge < -0.3 is 5.32 Å². The average molecular weight is 392 g/mol. The fourth-order valence-electron chi connectivity index (χ4n) is 2.16. The number of nitrogens with one attached hydrogen (secondary N) is 2. The standard InChI is InChI=1S/C17H9Cl3N4O/c18-10-2-4-11(5-3-10)22-17-23-15(12(8-21)16(25)24-17)9-1-6-13(19)14(20)7-9/h1-7H,(H2,22,23,24,25). The summed E-state index contributed by atoms with van der Waals surface area (Å²) in [5.74, 6) is 0.187. The van der Waals surface area contributed by atoms with Crippen molar-refractivity contribution >= 4 is 46.4 Å². The molecule has 0 radical (unpaired) electrons. The monoisotopic (exact) mass is 390 g/mol. The van der Waals surface area contributed by atoms with Gasteiger partial charge in [-0.1, -0.05) is 40.9 Å². The van der Waals surface area contributed by atoms with Crippen LogP contribution in [0.4, 0.5) is 11.6 Å². The van der Waals surface area contributed by atoms with Gasteiger partial charge in [-0.2, -0.15) is 5.26 Å². The Morgan fingerprint density at radius 1 is 1.04 bits per heavy atom. The van der Waals surface area contributed by atoms with E-state index in [1.54, 1.807) is 42.5 Å². The highest BCUT2D eigenvalue weighted by Crippen LogP contribution is 2.29. The number of H-pyrrole nitrogens is 1. The van der Waals surface area contributed by atoms with Gasteiger partial charge >= 0.3 is 0 Å². The Hall–Kier alpha value is -2.52. The minimum absolute atomic E-state index is 0.111. The van der Waals surface area contributed by atoms with E-state index in [4.69, 9.17) is 34.8 Å². The Balaban J connectivity index is 2.09. The molecular weight excluding hydrogens is 383 g/mol. The van der Waals surface area contributed by atoms with Gasteiger partial charge in [0.15, 0.2) is 0 Å². The summed E-state index contributed by atoms with van der Waals surface area (Å²) in [4.78, 5) is 19.1. The molecule has 0 amide bonds. The van der Waals surface area contributed by atoms with Crippen LogP contribution < -0.4 is 10.9 Å². The van der Waals surface area contributed by atoms with Gasteiger partial charge in [-0.3, -0.25) is 9.78 Å². The molecule has 0 aliphatic heterocycles. The Bertz CT molecular complexity index is 1040. The van der Waals surface area contributed by atoms with Crippen molar-refractivity contribution in [3.63, 3.8) is 0 Å². The van der Waals surface area contributed by atoms with Crippen LogP contribution in [0.15, 0.2) is 47.3 Å². The van der Waals surface area contributed by atoms with Gasteiger partial charge in [0.2, 0.25) is 5.95 Å². The lowest BCUT2D eigenvalue weighted by Gasteiger charge is -2.09. The minimum atomic E-state index is -0.560. The molecule has 5 nitrogen and oxygen atoms in total. The highest BCUT2D eigenvalue weighted by Gasteiger charge is 2.14. The van der Waals surface area contributed by atoms with E-state index in [1.165, 1.54) is 0 Å². The van der Waals surface area contributed by atoms with Gasteiger partial charge in [0.1, 0.15) is 11.6 Å². The third-order valence-electron chi connectivity index (χ3n) is 3.33. The van der Waals surface area contributed by atoms with E-state index in [1.807, 2.05) is 6.07 Å². The van der Waals surface area contributed by atoms with Crippen molar-refractivity contribution in [1.82, 2.24) is 9.97 Å². The summed E-state index contributed by atoms with van der Waals surface area (Å²) < 4.78 is 0. The number of hydrogen-bond donors (Lipinski definition) is 2. The summed E-state index contributed by atoms with van der Waals surface area (Å²) >= 11 is 17.8. The summed E-state index contributed by atoms with van der Waals surface area (Å²) in [6.45, 7) is 0. The highest BCUT2D eigenvalue weighted by molar-refractivity contribution is 6.42. The second-order valence-corrected chi connectivity index (χ2v) is 6.26. The third-order valence-corrected chi connectivity index (χ3v) is 4.32. The van der Waals surface area contributed by atoms with E-state index in [0.717, 1.165) is 0 Å². The fourth-order valence-corrected chi connectivity index (χ4v) is 2.58. The number of aromatic nitrogens is 2. The number of nitriles is 1. The molecule has 0 bridgehead atoms. The van der Waals surface area contributed by atoms with Crippen LogP contribution in [-0.2, 0) is 0 Å². The first-order valence-corrected chi connectivity index (χ1v) is 8.14. The summed E-state index contributed by atoms with van der Waals surface area (Å²) in [5.41, 5.74) is 0.727. The molecule has 0 atom stereocenters. The molecule has 3 aromatic rings. The second-order valence-electron chi connectivity index (χ2n) is 5.01. The van der Waals surface area contributed by atoms with Crippen LogP contribution in [0.1, 0.15) is 5.56 Å².